The van der Waals surface area contributed by atoms with Crippen molar-refractivity contribution in [2.75, 3.05) is 13.1 Å². The van der Waals surface area contributed by atoms with E-state index in [-0.39, 0.29) is 11.0 Å². The molecular formula is C15H28N2. The normalized spacial score (nSPS) is 19.8. The third-order valence-corrected chi connectivity index (χ3v) is 3.07. The highest BCUT2D eigenvalue weighted by molar-refractivity contribution is 5.88. The molecular weight excluding hydrogens is 208 g/mol. The number of aliphatic imine (C=N–C) groups is 1. The zero-order chi connectivity index (χ0) is 13.3. The van der Waals surface area contributed by atoms with E-state index < -0.39 is 0 Å². The van der Waals surface area contributed by atoms with Gasteiger partial charge in [0.05, 0.1) is 0 Å². The van der Waals surface area contributed by atoms with Gasteiger partial charge in [-0.25, -0.2) is 0 Å². The Bertz CT molecular complexity index is 313. The Kier molecular flexibility index (Phi) is 4.06. The zero-order valence-corrected chi connectivity index (χ0v) is 12.4. The van der Waals surface area contributed by atoms with Crippen LogP contribution in [0.1, 0.15) is 54.4 Å². The molecule has 17 heavy (non-hydrogen) atoms. The summed E-state index contributed by atoms with van der Waals surface area (Å²) in [6.07, 6.45) is 2.24. The van der Waals surface area contributed by atoms with E-state index >= 15 is 0 Å². The van der Waals surface area contributed by atoms with Crippen molar-refractivity contribution in [2.45, 2.75) is 59.9 Å². The molecule has 1 aliphatic rings. The number of nitrogens with zero attached hydrogens (tertiary/aromatic N) is 2. The molecule has 0 aromatic rings. The van der Waals surface area contributed by atoms with Crippen LogP contribution >= 0.6 is 0 Å². The van der Waals surface area contributed by atoms with Crippen LogP contribution < -0.4 is 0 Å². The van der Waals surface area contributed by atoms with E-state index in [0.717, 1.165) is 25.9 Å². The fourth-order valence-corrected chi connectivity index (χ4v) is 2.17. The summed E-state index contributed by atoms with van der Waals surface area (Å²) in [6.45, 7) is 19.6. The smallest absolute Gasteiger partial charge is 0.105 e. The minimum atomic E-state index is 0.102. The summed E-state index contributed by atoms with van der Waals surface area (Å²) in [6, 6.07) is 0. The maximum absolute atomic E-state index is 4.84. The lowest BCUT2D eigenvalue weighted by atomic mass is 9.89. The number of hydrogen-bond acceptors (Lipinski definition) is 2. The largest absolute Gasteiger partial charge is 0.351 e. The molecule has 0 aromatic carbocycles. The zero-order valence-electron chi connectivity index (χ0n) is 12.4. The maximum Gasteiger partial charge on any atom is 0.105 e. The summed E-state index contributed by atoms with van der Waals surface area (Å²) in [4.78, 5) is 7.26. The third-order valence-electron chi connectivity index (χ3n) is 3.07. The maximum atomic E-state index is 4.84. The van der Waals surface area contributed by atoms with Crippen molar-refractivity contribution in [3.8, 4) is 0 Å². The molecule has 0 atom stereocenters. The molecule has 0 aliphatic carbocycles. The van der Waals surface area contributed by atoms with E-state index in [1.807, 2.05) is 0 Å². The SMILES string of the molecule is C=C1CCCN=C(C(C)(C)C)N(C(C)(C)C)C1. The molecule has 2 heteroatoms. The molecule has 0 amide bonds. The van der Waals surface area contributed by atoms with E-state index in [4.69, 9.17) is 4.99 Å². The summed E-state index contributed by atoms with van der Waals surface area (Å²) < 4.78 is 0. The molecule has 1 rings (SSSR count). The molecule has 0 spiro atoms. The van der Waals surface area contributed by atoms with Crippen LogP contribution in [-0.2, 0) is 0 Å². The lowest BCUT2D eigenvalue weighted by Crippen LogP contribution is -2.51. The van der Waals surface area contributed by atoms with Gasteiger partial charge in [0.2, 0.25) is 0 Å². The standard InChI is InChI=1S/C15H28N2/c1-12-9-8-10-16-13(14(2,3)4)17(11-12)15(5,6)7/h1,8-11H2,2-7H3. The summed E-state index contributed by atoms with van der Waals surface area (Å²) in [5.41, 5.74) is 1.54. The first-order chi connectivity index (χ1) is 7.62. The Labute approximate surface area is 107 Å². The molecule has 0 saturated heterocycles. The number of amidine groups is 1. The van der Waals surface area contributed by atoms with Gasteiger partial charge < -0.3 is 4.90 Å². The van der Waals surface area contributed by atoms with Crippen LogP contribution in [0, 0.1) is 5.41 Å². The Morgan fingerprint density at radius 3 is 2.18 bits per heavy atom. The lowest BCUT2D eigenvalue weighted by molar-refractivity contribution is 0.227. The van der Waals surface area contributed by atoms with Crippen molar-refractivity contribution < 1.29 is 0 Å². The fraction of sp³-hybridized carbons (Fsp3) is 0.800. The first-order valence-electron chi connectivity index (χ1n) is 6.61. The molecule has 98 valence electrons. The summed E-state index contributed by atoms with van der Waals surface area (Å²) in [5, 5.41) is 0. The Hall–Kier alpha value is -0.790. The van der Waals surface area contributed by atoms with Gasteiger partial charge in [-0.1, -0.05) is 32.9 Å². The van der Waals surface area contributed by atoms with Crippen LogP contribution in [0.4, 0.5) is 0 Å². The van der Waals surface area contributed by atoms with Gasteiger partial charge >= 0.3 is 0 Å². The van der Waals surface area contributed by atoms with Crippen LogP contribution in [0.25, 0.3) is 0 Å². The second kappa shape index (κ2) is 4.83. The molecule has 0 unspecified atom stereocenters. The van der Waals surface area contributed by atoms with Crippen LogP contribution in [0.15, 0.2) is 17.1 Å². The fourth-order valence-electron chi connectivity index (χ4n) is 2.17. The van der Waals surface area contributed by atoms with Gasteiger partial charge in [-0.2, -0.15) is 0 Å². The van der Waals surface area contributed by atoms with E-state index in [9.17, 15) is 0 Å². The topological polar surface area (TPSA) is 15.6 Å². The minimum Gasteiger partial charge on any atom is -0.351 e. The van der Waals surface area contributed by atoms with Crippen molar-refractivity contribution in [1.29, 1.82) is 0 Å². The highest BCUT2D eigenvalue weighted by atomic mass is 15.2. The molecule has 2 nitrogen and oxygen atoms in total. The Morgan fingerprint density at radius 1 is 1.12 bits per heavy atom. The van der Waals surface area contributed by atoms with E-state index in [2.05, 4.69) is 53.0 Å². The molecule has 0 radical (unpaired) electrons. The van der Waals surface area contributed by atoms with Gasteiger partial charge in [0.15, 0.2) is 0 Å². The molecule has 1 aliphatic heterocycles. The van der Waals surface area contributed by atoms with E-state index in [0.29, 0.717) is 0 Å². The van der Waals surface area contributed by atoms with Gasteiger partial charge in [0, 0.05) is 24.0 Å². The van der Waals surface area contributed by atoms with Crippen molar-refractivity contribution in [3.05, 3.63) is 12.2 Å². The predicted octanol–water partition coefficient (Wildman–Crippen LogP) is 3.88. The van der Waals surface area contributed by atoms with Crippen molar-refractivity contribution in [2.24, 2.45) is 10.4 Å². The van der Waals surface area contributed by atoms with Crippen LogP contribution in [0.3, 0.4) is 0 Å². The monoisotopic (exact) mass is 236 g/mol. The molecule has 0 N–H and O–H groups in total. The highest BCUT2D eigenvalue weighted by Gasteiger charge is 2.32. The van der Waals surface area contributed by atoms with Crippen molar-refractivity contribution in [1.82, 2.24) is 4.90 Å². The first-order valence-corrected chi connectivity index (χ1v) is 6.61. The molecule has 1 heterocycles. The van der Waals surface area contributed by atoms with E-state index in [1.165, 1.54) is 11.4 Å². The van der Waals surface area contributed by atoms with Gasteiger partial charge in [-0.05, 0) is 33.6 Å². The van der Waals surface area contributed by atoms with Crippen molar-refractivity contribution in [3.63, 3.8) is 0 Å². The average molecular weight is 236 g/mol. The molecule has 0 aromatic heterocycles. The molecule has 0 bridgehead atoms. The third kappa shape index (κ3) is 3.86. The summed E-state index contributed by atoms with van der Waals surface area (Å²) in [7, 11) is 0. The number of rotatable bonds is 0. The molecule has 0 fully saturated rings. The minimum absolute atomic E-state index is 0.102. The Morgan fingerprint density at radius 2 is 1.71 bits per heavy atom. The second-order valence-corrected chi connectivity index (χ2v) is 7.07. The van der Waals surface area contributed by atoms with Gasteiger partial charge in [0.1, 0.15) is 5.84 Å². The van der Waals surface area contributed by atoms with Crippen LogP contribution in [0.2, 0.25) is 0 Å². The lowest BCUT2D eigenvalue weighted by Gasteiger charge is -2.44. The molecule has 0 saturated carbocycles. The summed E-state index contributed by atoms with van der Waals surface area (Å²) >= 11 is 0. The summed E-state index contributed by atoms with van der Waals surface area (Å²) in [5.74, 6) is 1.23. The van der Waals surface area contributed by atoms with Crippen LogP contribution in [0.5, 0.6) is 0 Å². The van der Waals surface area contributed by atoms with Gasteiger partial charge in [0.25, 0.3) is 0 Å². The highest BCUT2D eigenvalue weighted by Crippen LogP contribution is 2.28. The average Bonchev–Trinajstić information content (AvgIpc) is 2.06. The van der Waals surface area contributed by atoms with E-state index in [1.54, 1.807) is 0 Å². The van der Waals surface area contributed by atoms with Gasteiger partial charge in [-0.15, -0.1) is 0 Å². The Balaban J connectivity index is 3.13. The first kappa shape index (κ1) is 14.3. The van der Waals surface area contributed by atoms with Gasteiger partial charge in [-0.3, -0.25) is 4.99 Å². The predicted molar refractivity (Wildman–Crippen MR) is 76.6 cm³/mol. The van der Waals surface area contributed by atoms with Crippen molar-refractivity contribution >= 4 is 5.84 Å². The quantitative estimate of drug-likeness (QED) is 0.583. The number of hydrogen-bond donors (Lipinski definition) is 0. The second-order valence-electron chi connectivity index (χ2n) is 7.07. The van der Waals surface area contributed by atoms with Crippen LogP contribution in [-0.4, -0.2) is 29.4 Å².